The maximum Gasteiger partial charge on any atom is 0.240 e. The highest BCUT2D eigenvalue weighted by Gasteiger charge is 2.12. The first-order valence-corrected chi connectivity index (χ1v) is 9.07. The average molecular weight is 366 g/mol. The lowest BCUT2D eigenvalue weighted by atomic mass is 10.1. The number of nitrogens with one attached hydrogen (secondary N) is 2. The van der Waals surface area contributed by atoms with E-state index in [4.69, 9.17) is 12.2 Å². The Morgan fingerprint density at radius 1 is 1.15 bits per heavy atom. The van der Waals surface area contributed by atoms with Gasteiger partial charge in [-0.3, -0.25) is 14.5 Å². The minimum atomic E-state index is -0.0658. The van der Waals surface area contributed by atoms with Gasteiger partial charge in [0.1, 0.15) is 6.54 Å². The van der Waals surface area contributed by atoms with Crippen molar-refractivity contribution >= 4 is 18.1 Å². The summed E-state index contributed by atoms with van der Waals surface area (Å²) >= 11 is 5.28. The number of rotatable bonds is 7. The Hall–Kier alpha value is -2.73. The van der Waals surface area contributed by atoms with Crippen LogP contribution in [0.1, 0.15) is 17.5 Å². The van der Waals surface area contributed by atoms with Crippen LogP contribution in [0.2, 0.25) is 0 Å². The number of aryl methyl sites for hydroxylation is 2. The monoisotopic (exact) mass is 366 g/mol. The molecule has 0 saturated carbocycles. The minimum absolute atomic E-state index is 0.0658. The number of carbonyl (C=O) groups excluding carboxylic acids is 1. The Morgan fingerprint density at radius 3 is 2.62 bits per heavy atom. The van der Waals surface area contributed by atoms with E-state index in [1.807, 2.05) is 49.4 Å². The smallest absolute Gasteiger partial charge is 0.240 e. The summed E-state index contributed by atoms with van der Waals surface area (Å²) in [4.78, 5) is 12.3. The van der Waals surface area contributed by atoms with E-state index >= 15 is 0 Å². The standard InChI is InChI=1S/C20H22N4OS/c1-15-9-11-17(12-10-15)19-22-23-20(26)24(19)14-18(25)21-13-5-8-16-6-3-2-4-7-16/h2-4,6-7,9-12H,5,8,13-14H2,1H3,(H,21,25)(H,23,26). The molecule has 134 valence electrons. The molecule has 0 aliphatic rings. The second-order valence-electron chi connectivity index (χ2n) is 6.24. The number of H-pyrrole nitrogens is 1. The van der Waals surface area contributed by atoms with Gasteiger partial charge in [-0.15, -0.1) is 0 Å². The summed E-state index contributed by atoms with van der Waals surface area (Å²) in [5.41, 5.74) is 3.38. The fraction of sp³-hybridized carbons (Fsp3) is 0.250. The average Bonchev–Trinajstić information content (AvgIpc) is 3.01. The minimum Gasteiger partial charge on any atom is -0.355 e. The molecule has 1 aromatic heterocycles. The molecular formula is C20H22N4OS. The van der Waals surface area contributed by atoms with Crippen LogP contribution < -0.4 is 5.32 Å². The summed E-state index contributed by atoms with van der Waals surface area (Å²) in [7, 11) is 0. The third-order valence-corrected chi connectivity index (χ3v) is 4.49. The predicted octanol–water partition coefficient (Wildman–Crippen LogP) is 3.67. The van der Waals surface area contributed by atoms with Gasteiger partial charge in [-0.25, -0.2) is 0 Å². The molecule has 0 spiro atoms. The fourth-order valence-corrected chi connectivity index (χ4v) is 2.95. The molecule has 26 heavy (non-hydrogen) atoms. The van der Waals surface area contributed by atoms with E-state index in [0.29, 0.717) is 17.1 Å². The van der Waals surface area contributed by atoms with E-state index in [1.54, 1.807) is 4.57 Å². The van der Waals surface area contributed by atoms with Crippen LogP contribution in [0.5, 0.6) is 0 Å². The molecule has 0 aliphatic carbocycles. The Morgan fingerprint density at radius 2 is 1.88 bits per heavy atom. The van der Waals surface area contributed by atoms with Crippen molar-refractivity contribution in [2.45, 2.75) is 26.3 Å². The van der Waals surface area contributed by atoms with E-state index in [1.165, 1.54) is 11.1 Å². The van der Waals surface area contributed by atoms with Gasteiger partial charge in [0.15, 0.2) is 10.6 Å². The zero-order valence-corrected chi connectivity index (χ0v) is 15.6. The molecule has 5 nitrogen and oxygen atoms in total. The first kappa shape index (κ1) is 18.1. The number of benzene rings is 2. The SMILES string of the molecule is Cc1ccc(-c2n[nH]c(=S)n2CC(=O)NCCCc2ccccc2)cc1. The number of amides is 1. The molecule has 0 radical (unpaired) electrons. The van der Waals surface area contributed by atoms with Gasteiger partial charge in [-0.05, 0) is 37.5 Å². The second kappa shape index (κ2) is 8.58. The van der Waals surface area contributed by atoms with Gasteiger partial charge in [-0.1, -0.05) is 60.2 Å². The summed E-state index contributed by atoms with van der Waals surface area (Å²) in [6, 6.07) is 18.2. The van der Waals surface area contributed by atoms with Crippen LogP contribution >= 0.6 is 12.2 Å². The van der Waals surface area contributed by atoms with Gasteiger partial charge in [-0.2, -0.15) is 5.10 Å². The second-order valence-corrected chi connectivity index (χ2v) is 6.63. The topological polar surface area (TPSA) is 62.7 Å². The third kappa shape index (κ3) is 4.67. The molecule has 3 aromatic rings. The largest absolute Gasteiger partial charge is 0.355 e. The number of aromatic nitrogens is 3. The quantitative estimate of drug-likeness (QED) is 0.495. The van der Waals surface area contributed by atoms with Gasteiger partial charge in [0.05, 0.1) is 0 Å². The van der Waals surface area contributed by atoms with Crippen LogP contribution in [0.3, 0.4) is 0 Å². The highest BCUT2D eigenvalue weighted by molar-refractivity contribution is 7.71. The molecule has 6 heteroatoms. The van der Waals surface area contributed by atoms with Crippen LogP contribution in [-0.2, 0) is 17.8 Å². The van der Waals surface area contributed by atoms with Crippen molar-refractivity contribution < 1.29 is 4.79 Å². The third-order valence-electron chi connectivity index (χ3n) is 4.18. The van der Waals surface area contributed by atoms with Gasteiger partial charge < -0.3 is 5.32 Å². The van der Waals surface area contributed by atoms with Gasteiger partial charge >= 0.3 is 0 Å². The molecule has 1 amide bonds. The molecular weight excluding hydrogens is 344 g/mol. The normalized spacial score (nSPS) is 10.7. The summed E-state index contributed by atoms with van der Waals surface area (Å²) in [6.07, 6.45) is 1.85. The molecule has 0 bridgehead atoms. The van der Waals surface area contributed by atoms with Crippen molar-refractivity contribution in [3.8, 4) is 11.4 Å². The Bertz CT molecular complexity index is 913. The van der Waals surface area contributed by atoms with Crippen LogP contribution in [0.4, 0.5) is 0 Å². The maximum absolute atomic E-state index is 12.3. The molecule has 0 aliphatic heterocycles. The van der Waals surface area contributed by atoms with Crippen molar-refractivity contribution in [2.24, 2.45) is 0 Å². The first-order chi connectivity index (χ1) is 12.6. The van der Waals surface area contributed by atoms with E-state index in [9.17, 15) is 4.79 Å². The van der Waals surface area contributed by atoms with Crippen molar-refractivity contribution in [3.05, 3.63) is 70.5 Å². The summed E-state index contributed by atoms with van der Waals surface area (Å²) in [5.74, 6) is 0.610. The summed E-state index contributed by atoms with van der Waals surface area (Å²) in [6.45, 7) is 2.83. The highest BCUT2D eigenvalue weighted by Crippen LogP contribution is 2.17. The van der Waals surface area contributed by atoms with Crippen molar-refractivity contribution in [2.75, 3.05) is 6.54 Å². The van der Waals surface area contributed by atoms with Gasteiger partial charge in [0, 0.05) is 12.1 Å². The van der Waals surface area contributed by atoms with E-state index in [-0.39, 0.29) is 12.5 Å². The Kier molecular flexibility index (Phi) is 5.96. The zero-order chi connectivity index (χ0) is 18.4. The molecule has 0 fully saturated rings. The molecule has 0 unspecified atom stereocenters. The summed E-state index contributed by atoms with van der Waals surface area (Å²) in [5, 5.41) is 10.0. The first-order valence-electron chi connectivity index (χ1n) is 8.66. The number of hydrogen-bond donors (Lipinski definition) is 2. The number of nitrogens with zero attached hydrogens (tertiary/aromatic N) is 2. The summed E-state index contributed by atoms with van der Waals surface area (Å²) < 4.78 is 2.17. The number of hydrogen-bond acceptors (Lipinski definition) is 3. The highest BCUT2D eigenvalue weighted by atomic mass is 32.1. The molecule has 3 rings (SSSR count). The van der Waals surface area contributed by atoms with Crippen LogP contribution in [-0.4, -0.2) is 27.2 Å². The maximum atomic E-state index is 12.3. The zero-order valence-electron chi connectivity index (χ0n) is 14.7. The fourth-order valence-electron chi connectivity index (χ4n) is 2.75. The van der Waals surface area contributed by atoms with Crippen molar-refractivity contribution in [3.63, 3.8) is 0 Å². The van der Waals surface area contributed by atoms with Crippen molar-refractivity contribution in [1.29, 1.82) is 0 Å². The number of aromatic amines is 1. The molecule has 0 saturated heterocycles. The van der Waals surface area contributed by atoms with Gasteiger partial charge in [0.2, 0.25) is 5.91 Å². The Labute approximate surface area is 158 Å². The lowest BCUT2D eigenvalue weighted by molar-refractivity contribution is -0.121. The molecule has 2 N–H and O–H groups in total. The molecule has 1 heterocycles. The van der Waals surface area contributed by atoms with E-state index < -0.39 is 0 Å². The van der Waals surface area contributed by atoms with E-state index in [0.717, 1.165) is 18.4 Å². The van der Waals surface area contributed by atoms with Gasteiger partial charge in [0.25, 0.3) is 0 Å². The lowest BCUT2D eigenvalue weighted by Crippen LogP contribution is -2.29. The van der Waals surface area contributed by atoms with Crippen LogP contribution in [0.15, 0.2) is 54.6 Å². The van der Waals surface area contributed by atoms with Crippen molar-refractivity contribution in [1.82, 2.24) is 20.1 Å². The number of carbonyl (C=O) groups is 1. The Balaban J connectivity index is 1.57. The van der Waals surface area contributed by atoms with Crippen LogP contribution in [0.25, 0.3) is 11.4 Å². The van der Waals surface area contributed by atoms with E-state index in [2.05, 4.69) is 27.6 Å². The molecule has 2 aromatic carbocycles. The molecule has 0 atom stereocenters. The lowest BCUT2D eigenvalue weighted by Gasteiger charge is -2.08. The van der Waals surface area contributed by atoms with Crippen LogP contribution in [0, 0.1) is 11.7 Å². The predicted molar refractivity (Wildman–Crippen MR) is 105 cm³/mol.